The Morgan fingerprint density at radius 1 is 1.37 bits per heavy atom. The maximum atomic E-state index is 11.6. The zero-order chi connectivity index (χ0) is 13.8. The number of carbonyl (C=O) groups excluding carboxylic acids is 1. The van der Waals surface area contributed by atoms with Crippen molar-refractivity contribution in [1.29, 1.82) is 0 Å². The predicted molar refractivity (Wildman–Crippen MR) is 73.0 cm³/mol. The molecule has 1 aromatic carbocycles. The molecule has 0 unspecified atom stereocenters. The highest BCUT2D eigenvalue weighted by Gasteiger charge is 2.11. The fourth-order valence-corrected chi connectivity index (χ4v) is 2.00. The molecular formula is C12H11Cl2N3O2. The minimum atomic E-state index is -0.349. The van der Waals surface area contributed by atoms with Gasteiger partial charge in [0.25, 0.3) is 5.91 Å². The lowest BCUT2D eigenvalue weighted by Crippen LogP contribution is -2.26. The number of benzene rings is 1. The van der Waals surface area contributed by atoms with Gasteiger partial charge < -0.3 is 10.4 Å². The fraction of sp³-hybridized carbons (Fsp3) is 0.167. The van der Waals surface area contributed by atoms with Crippen LogP contribution >= 0.6 is 23.2 Å². The molecule has 0 bridgehead atoms. The van der Waals surface area contributed by atoms with Gasteiger partial charge in [-0.05, 0) is 24.3 Å². The standard InChI is InChI=1S/C12H11Cl2N3O2/c13-8-1-2-11(9(14)7-8)17-5-3-10(16-17)12(19)15-4-6-18/h1-3,5,7,18H,4,6H2,(H,15,19). The molecule has 5 nitrogen and oxygen atoms in total. The zero-order valence-electron chi connectivity index (χ0n) is 9.81. The molecule has 0 atom stereocenters. The van der Waals surface area contributed by atoms with Crippen molar-refractivity contribution < 1.29 is 9.90 Å². The van der Waals surface area contributed by atoms with Gasteiger partial charge in [-0.15, -0.1) is 0 Å². The number of hydrogen-bond donors (Lipinski definition) is 2. The average molecular weight is 300 g/mol. The van der Waals surface area contributed by atoms with E-state index in [1.807, 2.05) is 0 Å². The van der Waals surface area contributed by atoms with Crippen LogP contribution in [0.4, 0.5) is 0 Å². The minimum absolute atomic E-state index is 0.116. The first-order chi connectivity index (χ1) is 9.11. The number of aromatic nitrogens is 2. The van der Waals surface area contributed by atoms with E-state index in [0.29, 0.717) is 15.7 Å². The summed E-state index contributed by atoms with van der Waals surface area (Å²) in [6.45, 7) is 0.0723. The molecule has 1 aromatic heterocycles. The third kappa shape index (κ3) is 3.26. The van der Waals surface area contributed by atoms with Crippen LogP contribution in [0.2, 0.25) is 10.0 Å². The van der Waals surface area contributed by atoms with E-state index < -0.39 is 0 Å². The number of nitrogens with zero attached hydrogens (tertiary/aromatic N) is 2. The van der Waals surface area contributed by atoms with Crippen molar-refractivity contribution in [3.05, 3.63) is 46.2 Å². The summed E-state index contributed by atoms with van der Waals surface area (Å²) in [5.74, 6) is -0.349. The molecule has 0 aliphatic carbocycles. The van der Waals surface area contributed by atoms with Gasteiger partial charge in [0.1, 0.15) is 0 Å². The summed E-state index contributed by atoms with van der Waals surface area (Å²) >= 11 is 11.9. The molecule has 0 saturated carbocycles. The second-order valence-electron chi connectivity index (χ2n) is 3.72. The maximum Gasteiger partial charge on any atom is 0.271 e. The zero-order valence-corrected chi connectivity index (χ0v) is 11.3. The third-order valence-corrected chi connectivity index (χ3v) is 2.91. The Balaban J connectivity index is 2.23. The smallest absolute Gasteiger partial charge is 0.271 e. The van der Waals surface area contributed by atoms with Gasteiger partial charge in [-0.2, -0.15) is 5.10 Å². The largest absolute Gasteiger partial charge is 0.395 e. The van der Waals surface area contributed by atoms with E-state index in [2.05, 4.69) is 10.4 Å². The monoisotopic (exact) mass is 299 g/mol. The summed E-state index contributed by atoms with van der Waals surface area (Å²) in [6.07, 6.45) is 1.63. The molecule has 19 heavy (non-hydrogen) atoms. The number of hydrogen-bond acceptors (Lipinski definition) is 3. The highest BCUT2D eigenvalue weighted by molar-refractivity contribution is 6.35. The number of aliphatic hydroxyl groups is 1. The second-order valence-corrected chi connectivity index (χ2v) is 4.56. The molecule has 0 saturated heterocycles. The Morgan fingerprint density at radius 2 is 2.16 bits per heavy atom. The highest BCUT2D eigenvalue weighted by Crippen LogP contribution is 2.23. The molecule has 2 aromatic rings. The molecule has 1 amide bonds. The van der Waals surface area contributed by atoms with Crippen LogP contribution in [0.15, 0.2) is 30.5 Å². The first-order valence-electron chi connectivity index (χ1n) is 5.52. The van der Waals surface area contributed by atoms with Gasteiger partial charge in [0.05, 0.1) is 17.3 Å². The summed E-state index contributed by atoms with van der Waals surface area (Å²) < 4.78 is 1.49. The van der Waals surface area contributed by atoms with E-state index in [-0.39, 0.29) is 24.8 Å². The van der Waals surface area contributed by atoms with Crippen LogP contribution in [0.25, 0.3) is 5.69 Å². The minimum Gasteiger partial charge on any atom is -0.395 e. The lowest BCUT2D eigenvalue weighted by molar-refractivity contribution is 0.0939. The van der Waals surface area contributed by atoms with Crippen molar-refractivity contribution in [1.82, 2.24) is 15.1 Å². The first kappa shape index (κ1) is 13.9. The van der Waals surface area contributed by atoms with E-state index >= 15 is 0 Å². The van der Waals surface area contributed by atoms with Gasteiger partial charge in [-0.25, -0.2) is 4.68 Å². The van der Waals surface area contributed by atoms with Crippen LogP contribution in [-0.4, -0.2) is 33.9 Å². The normalized spacial score (nSPS) is 10.5. The van der Waals surface area contributed by atoms with E-state index in [0.717, 1.165) is 0 Å². The SMILES string of the molecule is O=C(NCCO)c1ccn(-c2ccc(Cl)cc2Cl)n1. The Kier molecular flexibility index (Phi) is 4.42. The van der Waals surface area contributed by atoms with Gasteiger partial charge >= 0.3 is 0 Å². The molecule has 0 aliphatic heterocycles. The molecule has 0 radical (unpaired) electrons. The van der Waals surface area contributed by atoms with Crippen molar-refractivity contribution >= 4 is 29.1 Å². The molecule has 0 aliphatic rings. The Morgan fingerprint density at radius 3 is 2.84 bits per heavy atom. The lowest BCUT2D eigenvalue weighted by Gasteiger charge is -2.04. The fourth-order valence-electron chi connectivity index (χ4n) is 1.51. The summed E-state index contributed by atoms with van der Waals surface area (Å²) in [5, 5.41) is 16.2. The number of aliphatic hydroxyl groups excluding tert-OH is 1. The van der Waals surface area contributed by atoms with E-state index in [1.165, 1.54) is 4.68 Å². The number of carbonyl (C=O) groups is 1. The second kappa shape index (κ2) is 6.06. The molecule has 0 spiro atoms. The van der Waals surface area contributed by atoms with Gasteiger partial charge in [0.2, 0.25) is 0 Å². The quantitative estimate of drug-likeness (QED) is 0.906. The van der Waals surface area contributed by atoms with Crippen LogP contribution in [0, 0.1) is 0 Å². The Hall–Kier alpha value is -1.56. The van der Waals surface area contributed by atoms with Crippen molar-refractivity contribution in [3.8, 4) is 5.69 Å². The lowest BCUT2D eigenvalue weighted by atomic mass is 10.3. The molecule has 7 heteroatoms. The number of halogens is 2. The molecular weight excluding hydrogens is 289 g/mol. The van der Waals surface area contributed by atoms with Crippen molar-refractivity contribution in [2.24, 2.45) is 0 Å². The highest BCUT2D eigenvalue weighted by atomic mass is 35.5. The molecule has 100 valence electrons. The predicted octanol–water partition coefficient (Wildman–Crippen LogP) is 1.90. The van der Waals surface area contributed by atoms with Crippen molar-refractivity contribution in [2.45, 2.75) is 0 Å². The van der Waals surface area contributed by atoms with Crippen molar-refractivity contribution in [2.75, 3.05) is 13.2 Å². The van der Waals surface area contributed by atoms with Crippen LogP contribution in [0.5, 0.6) is 0 Å². The Bertz CT molecular complexity index is 598. The topological polar surface area (TPSA) is 67.2 Å². The average Bonchev–Trinajstić information content (AvgIpc) is 2.85. The summed E-state index contributed by atoms with van der Waals surface area (Å²) in [7, 11) is 0. The van der Waals surface area contributed by atoms with E-state index in [9.17, 15) is 4.79 Å². The number of rotatable bonds is 4. The summed E-state index contributed by atoms with van der Waals surface area (Å²) in [6, 6.07) is 6.58. The summed E-state index contributed by atoms with van der Waals surface area (Å²) in [5.41, 5.74) is 0.881. The first-order valence-corrected chi connectivity index (χ1v) is 6.27. The van der Waals surface area contributed by atoms with E-state index in [1.54, 1.807) is 30.5 Å². The van der Waals surface area contributed by atoms with Crippen LogP contribution in [-0.2, 0) is 0 Å². The Labute approximate surface area is 119 Å². The third-order valence-electron chi connectivity index (χ3n) is 2.38. The molecule has 2 N–H and O–H groups in total. The van der Waals surface area contributed by atoms with Gasteiger partial charge in [-0.3, -0.25) is 4.79 Å². The van der Waals surface area contributed by atoms with Crippen molar-refractivity contribution in [3.63, 3.8) is 0 Å². The van der Waals surface area contributed by atoms with Crippen LogP contribution < -0.4 is 5.32 Å². The van der Waals surface area contributed by atoms with E-state index in [4.69, 9.17) is 28.3 Å². The van der Waals surface area contributed by atoms with Crippen LogP contribution in [0.1, 0.15) is 10.5 Å². The summed E-state index contributed by atoms with van der Waals surface area (Å²) in [4.78, 5) is 11.6. The van der Waals surface area contributed by atoms with Gasteiger partial charge in [0.15, 0.2) is 5.69 Å². The maximum absolute atomic E-state index is 11.6. The van der Waals surface area contributed by atoms with Gasteiger partial charge in [-0.1, -0.05) is 23.2 Å². The molecule has 1 heterocycles. The van der Waals surface area contributed by atoms with Crippen LogP contribution in [0.3, 0.4) is 0 Å². The molecule has 2 rings (SSSR count). The number of nitrogens with one attached hydrogen (secondary N) is 1. The number of amides is 1. The molecule has 0 fully saturated rings. The van der Waals surface area contributed by atoms with Gasteiger partial charge in [0, 0.05) is 17.8 Å².